The smallest absolute Gasteiger partial charge is 0.356 e. The van der Waals surface area contributed by atoms with E-state index in [4.69, 9.17) is 16.7 Å². The monoisotopic (exact) mass is 275 g/mol. The lowest BCUT2D eigenvalue weighted by atomic mass is 10.4. The molecule has 2 aromatic rings. The summed E-state index contributed by atoms with van der Waals surface area (Å²) in [5, 5.41) is 12.9. The van der Waals surface area contributed by atoms with Gasteiger partial charge < -0.3 is 5.11 Å². The Morgan fingerprint density at radius 2 is 2.29 bits per heavy atom. The Morgan fingerprint density at radius 3 is 2.93 bits per heavy atom. The Hall–Kier alpha value is -1.14. The van der Waals surface area contributed by atoms with Gasteiger partial charge in [0.2, 0.25) is 0 Å². The van der Waals surface area contributed by atoms with Gasteiger partial charge >= 0.3 is 5.97 Å². The van der Waals surface area contributed by atoms with Gasteiger partial charge in [0, 0.05) is 0 Å². The molecule has 0 saturated heterocycles. The lowest BCUT2D eigenvalue weighted by Gasteiger charge is -2.00. The molecule has 0 spiro atoms. The molecule has 0 unspecified atom stereocenters. The van der Waals surface area contributed by atoms with Crippen LogP contribution >= 0.6 is 27.5 Å². The number of halogens is 2. The minimum Gasteiger partial charge on any atom is -0.476 e. The first-order valence-corrected chi connectivity index (χ1v) is 4.69. The van der Waals surface area contributed by atoms with Gasteiger partial charge in [-0.05, 0) is 15.9 Å². The molecule has 5 nitrogen and oxygen atoms in total. The van der Waals surface area contributed by atoms with E-state index in [0.717, 1.165) is 6.20 Å². The van der Waals surface area contributed by atoms with Crippen molar-refractivity contribution in [3.05, 3.63) is 27.7 Å². The van der Waals surface area contributed by atoms with E-state index in [1.807, 2.05) is 0 Å². The zero-order chi connectivity index (χ0) is 10.3. The van der Waals surface area contributed by atoms with Crippen LogP contribution in [-0.2, 0) is 0 Å². The maximum absolute atomic E-state index is 10.8. The summed E-state index contributed by atoms with van der Waals surface area (Å²) in [7, 11) is 0. The topological polar surface area (TPSA) is 67.5 Å². The molecule has 0 atom stereocenters. The molecule has 0 aliphatic heterocycles. The molecule has 1 N–H and O–H groups in total. The highest BCUT2D eigenvalue weighted by molar-refractivity contribution is 9.10. The molecule has 2 rings (SSSR count). The third-order valence-corrected chi connectivity index (χ3v) is 2.52. The maximum Gasteiger partial charge on any atom is 0.356 e. The fraction of sp³-hybridized carbons (Fsp3) is 0. The molecule has 14 heavy (non-hydrogen) atoms. The molecule has 0 aliphatic carbocycles. The number of carbonyl (C=O) groups is 1. The summed E-state index contributed by atoms with van der Waals surface area (Å²) in [6, 6.07) is 0. The van der Waals surface area contributed by atoms with Crippen molar-refractivity contribution in [2.45, 2.75) is 0 Å². The van der Waals surface area contributed by atoms with Gasteiger partial charge in [-0.2, -0.15) is 5.10 Å². The van der Waals surface area contributed by atoms with Gasteiger partial charge in [0.05, 0.1) is 16.9 Å². The van der Waals surface area contributed by atoms with E-state index in [0.29, 0.717) is 9.99 Å². The van der Waals surface area contributed by atoms with Crippen LogP contribution in [0, 0.1) is 0 Å². The first-order chi connectivity index (χ1) is 6.61. The number of hydrogen-bond acceptors (Lipinski definition) is 3. The summed E-state index contributed by atoms with van der Waals surface area (Å²) < 4.78 is 1.83. The molecule has 2 heterocycles. The van der Waals surface area contributed by atoms with Crippen molar-refractivity contribution >= 4 is 39.0 Å². The molecular weight excluding hydrogens is 273 g/mol. The summed E-state index contributed by atoms with van der Waals surface area (Å²) >= 11 is 8.99. The summed E-state index contributed by atoms with van der Waals surface area (Å²) in [5.74, 6) is -1.10. The van der Waals surface area contributed by atoms with E-state index < -0.39 is 5.97 Å². The standard InChI is InChI=1S/C7H3BrClN3O2/c8-3-1-11-12-4(7(13)14)2-10-6(9)5(3)12/h1-2H,(H,13,14). The fourth-order valence-electron chi connectivity index (χ4n) is 1.08. The SMILES string of the molecule is O=C(O)c1cnc(Cl)c2c(Br)cnn12. The minimum atomic E-state index is -1.10. The average Bonchev–Trinajstić information content (AvgIpc) is 2.49. The lowest BCUT2D eigenvalue weighted by Crippen LogP contribution is -2.07. The van der Waals surface area contributed by atoms with Crippen LogP contribution in [0.1, 0.15) is 10.5 Å². The van der Waals surface area contributed by atoms with Crippen molar-refractivity contribution in [2.24, 2.45) is 0 Å². The highest BCUT2D eigenvalue weighted by Crippen LogP contribution is 2.24. The number of carboxylic acids is 1. The normalized spacial score (nSPS) is 10.7. The van der Waals surface area contributed by atoms with Gasteiger partial charge in [-0.15, -0.1) is 0 Å². The van der Waals surface area contributed by atoms with Crippen LogP contribution in [0.25, 0.3) is 5.52 Å². The van der Waals surface area contributed by atoms with E-state index in [9.17, 15) is 4.79 Å². The summed E-state index contributed by atoms with van der Waals surface area (Å²) in [5.41, 5.74) is 0.418. The second-order valence-corrected chi connectivity index (χ2v) is 3.70. The van der Waals surface area contributed by atoms with E-state index in [2.05, 4.69) is 26.0 Å². The van der Waals surface area contributed by atoms with Crippen molar-refractivity contribution in [3.8, 4) is 0 Å². The Morgan fingerprint density at radius 1 is 1.57 bits per heavy atom. The Kier molecular flexibility index (Phi) is 2.16. The highest BCUT2D eigenvalue weighted by atomic mass is 79.9. The van der Waals surface area contributed by atoms with E-state index >= 15 is 0 Å². The Balaban J connectivity index is 2.90. The molecule has 0 fully saturated rings. The van der Waals surface area contributed by atoms with Crippen molar-refractivity contribution in [1.82, 2.24) is 14.6 Å². The van der Waals surface area contributed by atoms with Crippen molar-refractivity contribution in [1.29, 1.82) is 0 Å². The number of aromatic nitrogens is 3. The van der Waals surface area contributed by atoms with Crippen molar-refractivity contribution in [2.75, 3.05) is 0 Å². The van der Waals surface area contributed by atoms with E-state index in [-0.39, 0.29) is 10.8 Å². The van der Waals surface area contributed by atoms with Gasteiger partial charge in [-0.1, -0.05) is 11.6 Å². The first-order valence-electron chi connectivity index (χ1n) is 3.52. The average molecular weight is 276 g/mol. The lowest BCUT2D eigenvalue weighted by molar-refractivity contribution is 0.0687. The molecule has 72 valence electrons. The van der Waals surface area contributed by atoms with Crippen LogP contribution in [0.15, 0.2) is 16.9 Å². The zero-order valence-electron chi connectivity index (χ0n) is 6.61. The second-order valence-electron chi connectivity index (χ2n) is 2.49. The van der Waals surface area contributed by atoms with Gasteiger partial charge in [0.15, 0.2) is 10.8 Å². The predicted octanol–water partition coefficient (Wildman–Crippen LogP) is 1.84. The number of fused-ring (bicyclic) bond motifs is 1. The van der Waals surface area contributed by atoms with Crippen LogP contribution in [0.3, 0.4) is 0 Å². The third-order valence-electron chi connectivity index (χ3n) is 1.67. The summed E-state index contributed by atoms with van der Waals surface area (Å²) in [6.45, 7) is 0. The molecular formula is C7H3BrClN3O2. The first kappa shape index (κ1) is 9.42. The van der Waals surface area contributed by atoms with Gasteiger partial charge in [0.25, 0.3) is 0 Å². The molecule has 2 aromatic heterocycles. The minimum absolute atomic E-state index is 0.0323. The van der Waals surface area contributed by atoms with Crippen LogP contribution in [0.2, 0.25) is 5.15 Å². The maximum atomic E-state index is 10.8. The number of rotatable bonds is 1. The Labute approximate surface area is 91.4 Å². The van der Waals surface area contributed by atoms with Crippen LogP contribution in [-0.4, -0.2) is 25.7 Å². The summed E-state index contributed by atoms with van der Waals surface area (Å²) in [6.07, 6.45) is 2.63. The molecule has 0 aromatic carbocycles. The number of nitrogens with zero attached hydrogens (tertiary/aromatic N) is 3. The van der Waals surface area contributed by atoms with Crippen LogP contribution in [0.5, 0.6) is 0 Å². The highest BCUT2D eigenvalue weighted by Gasteiger charge is 2.14. The predicted molar refractivity (Wildman–Crippen MR) is 52.7 cm³/mol. The molecule has 0 aliphatic rings. The van der Waals surface area contributed by atoms with Gasteiger partial charge in [0.1, 0.15) is 5.52 Å². The van der Waals surface area contributed by atoms with Crippen molar-refractivity contribution < 1.29 is 9.90 Å². The largest absolute Gasteiger partial charge is 0.476 e. The van der Waals surface area contributed by atoms with E-state index in [1.54, 1.807) is 0 Å². The number of aromatic carboxylic acids is 1. The fourth-order valence-corrected chi connectivity index (χ4v) is 1.87. The second kappa shape index (κ2) is 3.21. The molecule has 0 amide bonds. The number of carboxylic acid groups (broad SMARTS) is 1. The zero-order valence-corrected chi connectivity index (χ0v) is 8.95. The molecule has 0 saturated carbocycles. The van der Waals surface area contributed by atoms with Gasteiger partial charge in [-0.3, -0.25) is 0 Å². The van der Waals surface area contributed by atoms with Crippen molar-refractivity contribution in [3.63, 3.8) is 0 Å². The van der Waals surface area contributed by atoms with Gasteiger partial charge in [-0.25, -0.2) is 14.3 Å². The quantitative estimate of drug-likeness (QED) is 0.863. The molecule has 0 radical (unpaired) electrons. The number of hydrogen-bond donors (Lipinski definition) is 1. The Bertz CT molecular complexity index is 525. The van der Waals surface area contributed by atoms with Crippen LogP contribution in [0.4, 0.5) is 0 Å². The van der Waals surface area contributed by atoms with E-state index in [1.165, 1.54) is 10.7 Å². The molecule has 7 heteroatoms. The summed E-state index contributed by atoms with van der Waals surface area (Å²) in [4.78, 5) is 14.5. The third kappa shape index (κ3) is 1.27. The molecule has 0 bridgehead atoms. The van der Waals surface area contributed by atoms with Crippen LogP contribution < -0.4 is 0 Å².